The summed E-state index contributed by atoms with van der Waals surface area (Å²) < 4.78 is 0. The van der Waals surface area contributed by atoms with Gasteiger partial charge < -0.3 is 0 Å². The van der Waals surface area contributed by atoms with Crippen molar-refractivity contribution in [3.05, 3.63) is 46.5 Å². The first kappa shape index (κ1) is 13.6. The minimum absolute atomic E-state index is 0.291. The number of hydrogen-bond donors (Lipinski definition) is 1. The van der Waals surface area contributed by atoms with Crippen LogP contribution in [0.2, 0.25) is 0 Å². The fourth-order valence-electron chi connectivity index (χ4n) is 3.20. The number of carbonyl (C=O) groups excluding carboxylic acids is 4. The Morgan fingerprint density at radius 3 is 1.39 bits per heavy atom. The van der Waals surface area contributed by atoms with Crippen molar-refractivity contribution in [1.82, 2.24) is 15.3 Å². The maximum Gasteiger partial charge on any atom is 0.275 e. The second-order valence-corrected chi connectivity index (χ2v) is 5.41. The van der Waals surface area contributed by atoms with Gasteiger partial charge in [-0.3, -0.25) is 24.1 Å². The van der Waals surface area contributed by atoms with Crippen molar-refractivity contribution in [2.75, 3.05) is 14.1 Å². The number of amides is 4. The van der Waals surface area contributed by atoms with E-state index in [4.69, 9.17) is 0 Å². The average Bonchev–Trinajstić information content (AvgIpc) is 2.56. The van der Waals surface area contributed by atoms with E-state index < -0.39 is 23.6 Å². The van der Waals surface area contributed by atoms with E-state index in [0.717, 1.165) is 9.91 Å². The van der Waals surface area contributed by atoms with E-state index in [2.05, 4.69) is 5.43 Å². The number of hydrazine groups is 1. The smallest absolute Gasteiger partial charge is 0.275 e. The Labute approximate surface area is 130 Å². The summed E-state index contributed by atoms with van der Waals surface area (Å²) in [6, 6.07) is 6.09. The van der Waals surface area contributed by atoms with Crippen LogP contribution in [0.25, 0.3) is 10.8 Å². The van der Waals surface area contributed by atoms with E-state index in [9.17, 15) is 19.2 Å². The fraction of sp³-hybridized carbons (Fsp3) is 0.125. The van der Waals surface area contributed by atoms with E-state index in [1.807, 2.05) is 0 Å². The Balaban J connectivity index is 2.18. The van der Waals surface area contributed by atoms with Gasteiger partial charge in [-0.25, -0.2) is 10.4 Å². The second-order valence-electron chi connectivity index (χ2n) is 5.41. The number of rotatable bonds is 1. The molecule has 7 heteroatoms. The van der Waals surface area contributed by atoms with Crippen LogP contribution in [0.4, 0.5) is 0 Å². The molecule has 2 heterocycles. The van der Waals surface area contributed by atoms with Crippen LogP contribution < -0.4 is 5.43 Å². The molecule has 0 aliphatic carbocycles. The number of nitrogens with zero attached hydrogens (tertiary/aromatic N) is 2. The van der Waals surface area contributed by atoms with E-state index in [1.165, 1.54) is 38.4 Å². The van der Waals surface area contributed by atoms with Crippen molar-refractivity contribution in [2.45, 2.75) is 0 Å². The maximum atomic E-state index is 12.5. The maximum absolute atomic E-state index is 12.5. The van der Waals surface area contributed by atoms with Crippen molar-refractivity contribution in [3.8, 4) is 0 Å². The van der Waals surface area contributed by atoms with Crippen LogP contribution in [-0.2, 0) is 0 Å². The van der Waals surface area contributed by atoms with Gasteiger partial charge in [0, 0.05) is 36.0 Å². The first-order valence-electron chi connectivity index (χ1n) is 6.95. The molecule has 23 heavy (non-hydrogen) atoms. The van der Waals surface area contributed by atoms with Crippen molar-refractivity contribution in [1.29, 1.82) is 0 Å². The van der Waals surface area contributed by atoms with E-state index in [-0.39, 0.29) is 0 Å². The van der Waals surface area contributed by atoms with Crippen LogP contribution in [0.1, 0.15) is 41.4 Å². The van der Waals surface area contributed by atoms with Gasteiger partial charge in [0.1, 0.15) is 0 Å². The topological polar surface area (TPSA) is 86.8 Å². The lowest BCUT2D eigenvalue weighted by molar-refractivity contribution is 0.0536. The molecule has 0 saturated carbocycles. The fourth-order valence-corrected chi connectivity index (χ4v) is 3.20. The Bertz CT molecular complexity index is 893. The summed E-state index contributed by atoms with van der Waals surface area (Å²) in [7, 11) is 2.89. The van der Waals surface area contributed by atoms with Crippen LogP contribution in [0.5, 0.6) is 0 Å². The van der Waals surface area contributed by atoms with E-state index in [1.54, 1.807) is 0 Å². The SMILES string of the molecule is CNN1C(=O)c2ccc3c4c(ccc(c24)C1=O)C(=O)N(C)C3=O. The van der Waals surface area contributed by atoms with Crippen molar-refractivity contribution in [2.24, 2.45) is 0 Å². The zero-order valence-electron chi connectivity index (χ0n) is 12.3. The minimum Gasteiger partial charge on any atom is -0.277 e. The van der Waals surface area contributed by atoms with Crippen LogP contribution in [-0.4, -0.2) is 47.6 Å². The molecule has 0 radical (unpaired) electrons. The van der Waals surface area contributed by atoms with Gasteiger partial charge in [0.25, 0.3) is 23.6 Å². The first-order chi connectivity index (χ1) is 11.0. The molecule has 0 fully saturated rings. The highest BCUT2D eigenvalue weighted by Crippen LogP contribution is 2.36. The van der Waals surface area contributed by atoms with Crippen molar-refractivity contribution in [3.63, 3.8) is 0 Å². The van der Waals surface area contributed by atoms with Crippen LogP contribution >= 0.6 is 0 Å². The molecule has 7 nitrogen and oxygen atoms in total. The Morgan fingerprint density at radius 2 is 1.04 bits per heavy atom. The van der Waals surface area contributed by atoms with Crippen molar-refractivity contribution >= 4 is 34.4 Å². The summed E-state index contributed by atoms with van der Waals surface area (Å²) in [4.78, 5) is 50.6. The normalized spacial score (nSPS) is 16.6. The highest BCUT2D eigenvalue weighted by Gasteiger charge is 2.38. The number of nitrogens with one attached hydrogen (secondary N) is 1. The Kier molecular flexibility index (Phi) is 2.50. The van der Waals surface area contributed by atoms with E-state index >= 15 is 0 Å². The minimum atomic E-state index is -0.507. The molecule has 2 aliphatic heterocycles. The van der Waals surface area contributed by atoms with Gasteiger partial charge in [-0.2, -0.15) is 0 Å². The summed E-state index contributed by atoms with van der Waals surface area (Å²) in [6.45, 7) is 0. The van der Waals surface area contributed by atoms with Crippen LogP contribution in [0, 0.1) is 0 Å². The first-order valence-corrected chi connectivity index (χ1v) is 6.95. The number of hydrogen-bond acceptors (Lipinski definition) is 5. The van der Waals surface area contributed by atoms with E-state index in [0.29, 0.717) is 33.0 Å². The third-order valence-electron chi connectivity index (χ3n) is 4.32. The number of benzene rings is 2. The monoisotopic (exact) mass is 309 g/mol. The third kappa shape index (κ3) is 1.46. The molecule has 4 amide bonds. The molecule has 1 N–H and O–H groups in total. The van der Waals surface area contributed by atoms with Gasteiger partial charge in [-0.15, -0.1) is 0 Å². The predicted molar refractivity (Wildman–Crippen MR) is 79.9 cm³/mol. The highest BCUT2D eigenvalue weighted by molar-refractivity contribution is 6.33. The number of imide groups is 2. The molecule has 0 bridgehead atoms. The van der Waals surface area contributed by atoms with Gasteiger partial charge in [0.2, 0.25) is 0 Å². The van der Waals surface area contributed by atoms with Crippen molar-refractivity contribution < 1.29 is 19.2 Å². The lowest BCUT2D eigenvalue weighted by Crippen LogP contribution is -2.48. The lowest BCUT2D eigenvalue weighted by Gasteiger charge is -2.30. The van der Waals surface area contributed by atoms with Crippen LogP contribution in [0.3, 0.4) is 0 Å². The predicted octanol–water partition coefficient (Wildman–Crippen LogP) is 0.796. The number of carbonyl (C=O) groups is 4. The molecule has 2 aromatic carbocycles. The third-order valence-corrected chi connectivity index (χ3v) is 4.32. The van der Waals surface area contributed by atoms with Gasteiger partial charge in [0.15, 0.2) is 0 Å². The average molecular weight is 309 g/mol. The quantitative estimate of drug-likeness (QED) is 0.787. The highest BCUT2D eigenvalue weighted by atomic mass is 16.2. The molecule has 2 aromatic rings. The van der Waals surface area contributed by atoms with Crippen LogP contribution in [0.15, 0.2) is 24.3 Å². The molecule has 114 valence electrons. The summed E-state index contributed by atoms with van der Waals surface area (Å²) in [5.74, 6) is -1.90. The molecule has 0 unspecified atom stereocenters. The molecule has 4 rings (SSSR count). The second kappa shape index (κ2) is 4.23. The standard InChI is InChI=1S/C16H11N3O4/c1-17-19-15(22)9-5-3-7-11-8(14(21)18(2)13(7)20)4-6-10(12(9)11)16(19)23/h3-6,17H,1-2H3. The zero-order chi connectivity index (χ0) is 16.5. The summed E-state index contributed by atoms with van der Waals surface area (Å²) >= 11 is 0. The van der Waals surface area contributed by atoms with Gasteiger partial charge in [-0.05, 0) is 24.3 Å². The molecular weight excluding hydrogens is 298 g/mol. The lowest BCUT2D eigenvalue weighted by atomic mass is 9.86. The molecule has 0 aromatic heterocycles. The molecular formula is C16H11N3O4. The molecule has 0 saturated heterocycles. The largest absolute Gasteiger partial charge is 0.277 e. The van der Waals surface area contributed by atoms with Gasteiger partial charge >= 0.3 is 0 Å². The Hall–Kier alpha value is -3.06. The van der Waals surface area contributed by atoms with Gasteiger partial charge in [0.05, 0.1) is 11.1 Å². The van der Waals surface area contributed by atoms with Gasteiger partial charge in [-0.1, -0.05) is 0 Å². The summed E-state index contributed by atoms with van der Waals surface area (Å²) in [6.07, 6.45) is 0. The summed E-state index contributed by atoms with van der Waals surface area (Å²) in [5, 5.41) is 1.67. The molecule has 0 atom stereocenters. The zero-order valence-corrected chi connectivity index (χ0v) is 12.3. The Morgan fingerprint density at radius 1 is 0.696 bits per heavy atom. The summed E-state index contributed by atoms with van der Waals surface area (Å²) in [5.41, 5.74) is 3.79. The molecule has 0 spiro atoms. The molecule has 2 aliphatic rings.